The van der Waals surface area contributed by atoms with E-state index in [1.54, 1.807) is 0 Å². The summed E-state index contributed by atoms with van der Waals surface area (Å²) in [5.74, 6) is 2.45. The Morgan fingerprint density at radius 2 is 2.05 bits per heavy atom. The van der Waals surface area contributed by atoms with Crippen molar-refractivity contribution in [3.8, 4) is 0 Å². The molecule has 3 nitrogen and oxygen atoms in total. The highest BCUT2D eigenvalue weighted by atomic mass is 32.2. The summed E-state index contributed by atoms with van der Waals surface area (Å²) in [7, 11) is 0. The third kappa shape index (κ3) is 4.46. The van der Waals surface area contributed by atoms with Gasteiger partial charge in [-0.1, -0.05) is 6.07 Å². The van der Waals surface area contributed by atoms with Crippen LogP contribution in [-0.2, 0) is 0 Å². The van der Waals surface area contributed by atoms with Gasteiger partial charge >= 0.3 is 0 Å². The number of nitrogens with one attached hydrogen (secondary N) is 2. The molecule has 1 aromatic carbocycles. The van der Waals surface area contributed by atoms with Crippen LogP contribution in [0.1, 0.15) is 37.0 Å². The Hall–Kier alpha value is -1.16. The third-order valence-electron chi connectivity index (χ3n) is 3.14. The molecule has 1 saturated heterocycles. The van der Waals surface area contributed by atoms with Gasteiger partial charge in [0.15, 0.2) is 0 Å². The average Bonchev–Trinajstić information content (AvgIpc) is 2.39. The Kier molecular flexibility index (Phi) is 5.14. The maximum atomic E-state index is 12.0. The van der Waals surface area contributed by atoms with Crippen LogP contribution in [0.2, 0.25) is 0 Å². The van der Waals surface area contributed by atoms with Gasteiger partial charge in [0.05, 0.1) is 0 Å². The molecular weight excluding hydrogens is 256 g/mol. The molecule has 1 fully saturated rings. The third-order valence-corrected chi connectivity index (χ3v) is 4.19. The molecule has 19 heavy (non-hydrogen) atoms. The van der Waals surface area contributed by atoms with E-state index in [4.69, 9.17) is 0 Å². The molecule has 0 radical (unpaired) electrons. The van der Waals surface area contributed by atoms with Gasteiger partial charge in [0.1, 0.15) is 0 Å². The van der Waals surface area contributed by atoms with Crippen molar-refractivity contribution in [1.82, 2.24) is 5.32 Å². The monoisotopic (exact) mass is 278 g/mol. The van der Waals surface area contributed by atoms with Gasteiger partial charge in [0.25, 0.3) is 5.91 Å². The van der Waals surface area contributed by atoms with Gasteiger partial charge < -0.3 is 10.6 Å². The molecule has 0 aromatic heterocycles. The number of carbonyl (C=O) groups excluding carboxylic acids is 1. The summed E-state index contributed by atoms with van der Waals surface area (Å²) in [5.41, 5.74) is 1.78. The molecule has 2 N–H and O–H groups in total. The Labute approximate surface area is 119 Å². The van der Waals surface area contributed by atoms with Gasteiger partial charge in [-0.05, 0) is 56.4 Å². The molecule has 0 bridgehead atoms. The molecule has 1 aliphatic heterocycles. The van der Waals surface area contributed by atoms with Crippen LogP contribution in [0.25, 0.3) is 0 Å². The lowest BCUT2D eigenvalue weighted by molar-refractivity contribution is 0.0943. The van der Waals surface area contributed by atoms with Crippen molar-refractivity contribution in [3.05, 3.63) is 29.8 Å². The highest BCUT2D eigenvalue weighted by Gasteiger charge is 2.14. The lowest BCUT2D eigenvalue weighted by atomic mass is 10.1. The van der Waals surface area contributed by atoms with Gasteiger partial charge in [-0.2, -0.15) is 11.8 Å². The standard InChI is InChI=1S/C15H22N2OS/c1-11(2)16-15(18)12-4-3-5-14(10-12)17-13-6-8-19-9-7-13/h3-5,10-11,13,17H,6-9H2,1-2H3,(H,16,18). The van der Waals surface area contributed by atoms with Gasteiger partial charge in [-0.3, -0.25) is 4.79 Å². The van der Waals surface area contributed by atoms with Crippen LogP contribution in [0.15, 0.2) is 24.3 Å². The van der Waals surface area contributed by atoms with Crippen molar-refractivity contribution in [3.63, 3.8) is 0 Å². The van der Waals surface area contributed by atoms with E-state index >= 15 is 0 Å². The van der Waals surface area contributed by atoms with E-state index in [0.717, 1.165) is 11.3 Å². The second kappa shape index (κ2) is 6.85. The van der Waals surface area contributed by atoms with Crippen LogP contribution >= 0.6 is 11.8 Å². The minimum absolute atomic E-state index is 0.00199. The maximum absolute atomic E-state index is 12.0. The van der Waals surface area contributed by atoms with Crippen molar-refractivity contribution >= 4 is 23.4 Å². The number of anilines is 1. The smallest absolute Gasteiger partial charge is 0.251 e. The number of hydrogen-bond acceptors (Lipinski definition) is 3. The summed E-state index contributed by atoms with van der Waals surface area (Å²) >= 11 is 2.02. The number of thioether (sulfide) groups is 1. The van der Waals surface area contributed by atoms with E-state index in [-0.39, 0.29) is 11.9 Å². The molecule has 1 amide bonds. The fourth-order valence-corrected chi connectivity index (χ4v) is 3.28. The molecule has 1 aliphatic rings. The van der Waals surface area contributed by atoms with Crippen LogP contribution < -0.4 is 10.6 Å². The molecule has 4 heteroatoms. The molecule has 1 aromatic rings. The molecule has 2 rings (SSSR count). The fourth-order valence-electron chi connectivity index (χ4n) is 2.17. The van der Waals surface area contributed by atoms with Gasteiger partial charge in [-0.25, -0.2) is 0 Å². The van der Waals surface area contributed by atoms with E-state index in [1.165, 1.54) is 24.3 Å². The van der Waals surface area contributed by atoms with E-state index in [1.807, 2.05) is 49.9 Å². The molecule has 0 spiro atoms. The quantitative estimate of drug-likeness (QED) is 0.889. The van der Waals surface area contributed by atoms with Crippen LogP contribution in [-0.4, -0.2) is 29.5 Å². The zero-order chi connectivity index (χ0) is 13.7. The van der Waals surface area contributed by atoms with Crippen molar-refractivity contribution in [2.24, 2.45) is 0 Å². The van der Waals surface area contributed by atoms with Crippen LogP contribution in [0.4, 0.5) is 5.69 Å². The highest BCUT2D eigenvalue weighted by molar-refractivity contribution is 7.99. The predicted octanol–water partition coefficient (Wildman–Crippen LogP) is 3.13. The Balaban J connectivity index is 1.99. The maximum Gasteiger partial charge on any atom is 0.251 e. The first-order chi connectivity index (χ1) is 9.15. The van der Waals surface area contributed by atoms with E-state index < -0.39 is 0 Å². The molecule has 104 valence electrons. The number of hydrogen-bond donors (Lipinski definition) is 2. The van der Waals surface area contributed by atoms with Crippen LogP contribution in [0.5, 0.6) is 0 Å². The molecule has 1 heterocycles. The van der Waals surface area contributed by atoms with Gasteiger partial charge in [0, 0.05) is 23.3 Å². The van der Waals surface area contributed by atoms with Crippen molar-refractivity contribution in [1.29, 1.82) is 0 Å². The molecule has 0 aliphatic carbocycles. The minimum atomic E-state index is -0.00199. The largest absolute Gasteiger partial charge is 0.382 e. The zero-order valence-corrected chi connectivity index (χ0v) is 12.4. The lowest BCUT2D eigenvalue weighted by Gasteiger charge is -2.23. The highest BCUT2D eigenvalue weighted by Crippen LogP contribution is 2.21. The Morgan fingerprint density at radius 3 is 2.74 bits per heavy atom. The summed E-state index contributed by atoms with van der Waals surface area (Å²) in [6.07, 6.45) is 2.40. The number of rotatable bonds is 4. The van der Waals surface area contributed by atoms with Crippen molar-refractivity contribution in [2.45, 2.75) is 38.8 Å². The van der Waals surface area contributed by atoms with Gasteiger partial charge in [-0.15, -0.1) is 0 Å². The first kappa shape index (κ1) is 14.3. The van der Waals surface area contributed by atoms with Crippen LogP contribution in [0.3, 0.4) is 0 Å². The fraction of sp³-hybridized carbons (Fsp3) is 0.533. The Bertz CT molecular complexity index is 428. The topological polar surface area (TPSA) is 41.1 Å². The Morgan fingerprint density at radius 1 is 1.32 bits per heavy atom. The number of carbonyl (C=O) groups is 1. The van der Waals surface area contributed by atoms with E-state index in [9.17, 15) is 4.79 Å². The summed E-state index contributed by atoms with van der Waals surface area (Å²) in [5, 5.41) is 6.46. The minimum Gasteiger partial charge on any atom is -0.382 e. The molecular formula is C15H22N2OS. The van der Waals surface area contributed by atoms with Crippen LogP contribution in [0, 0.1) is 0 Å². The first-order valence-electron chi connectivity index (χ1n) is 6.90. The lowest BCUT2D eigenvalue weighted by Crippen LogP contribution is -2.30. The summed E-state index contributed by atoms with van der Waals surface area (Å²) in [6.45, 7) is 3.94. The zero-order valence-electron chi connectivity index (χ0n) is 11.6. The number of benzene rings is 1. The second-order valence-electron chi connectivity index (χ2n) is 5.24. The summed E-state index contributed by atoms with van der Waals surface area (Å²) in [4.78, 5) is 12.0. The van der Waals surface area contributed by atoms with Crippen molar-refractivity contribution < 1.29 is 4.79 Å². The summed E-state index contributed by atoms with van der Waals surface area (Å²) in [6, 6.07) is 8.49. The van der Waals surface area contributed by atoms with E-state index in [0.29, 0.717) is 6.04 Å². The SMILES string of the molecule is CC(C)NC(=O)c1cccc(NC2CCSCC2)c1. The number of amides is 1. The predicted molar refractivity (Wildman–Crippen MR) is 83.0 cm³/mol. The van der Waals surface area contributed by atoms with Crippen molar-refractivity contribution in [2.75, 3.05) is 16.8 Å². The van der Waals surface area contributed by atoms with Gasteiger partial charge in [0.2, 0.25) is 0 Å². The normalized spacial score (nSPS) is 16.4. The van der Waals surface area contributed by atoms with E-state index in [2.05, 4.69) is 10.6 Å². The molecule has 0 atom stereocenters. The average molecular weight is 278 g/mol. The molecule has 0 unspecified atom stereocenters. The molecule has 0 saturated carbocycles. The first-order valence-corrected chi connectivity index (χ1v) is 8.06. The summed E-state index contributed by atoms with van der Waals surface area (Å²) < 4.78 is 0. The second-order valence-corrected chi connectivity index (χ2v) is 6.46.